The van der Waals surface area contributed by atoms with Crippen molar-refractivity contribution in [1.82, 2.24) is 4.90 Å². The molecule has 1 aliphatic heterocycles. The molecular formula is C30H28ClN5OS. The Kier molecular flexibility index (Phi) is 7.06. The summed E-state index contributed by atoms with van der Waals surface area (Å²) in [5.41, 5.74) is 5.07. The van der Waals surface area contributed by atoms with Crippen LogP contribution in [0.25, 0.3) is 10.8 Å². The van der Waals surface area contributed by atoms with E-state index >= 15 is 0 Å². The molecular weight excluding hydrogens is 514 g/mol. The van der Waals surface area contributed by atoms with Gasteiger partial charge in [0.25, 0.3) is 5.91 Å². The highest BCUT2D eigenvalue weighted by atomic mass is 35.5. The van der Waals surface area contributed by atoms with Crippen LogP contribution in [0.15, 0.2) is 89.9 Å². The molecule has 0 aromatic heterocycles. The molecule has 0 fully saturated rings. The first kappa shape index (κ1) is 25.7. The number of halogens is 1. The maximum atomic E-state index is 13.8. The fourth-order valence-electron chi connectivity index (χ4n) is 4.70. The third-order valence-electron chi connectivity index (χ3n) is 6.74. The Labute approximate surface area is 233 Å². The second-order valence-corrected chi connectivity index (χ2v) is 10.2. The van der Waals surface area contributed by atoms with Gasteiger partial charge in [-0.1, -0.05) is 66.2 Å². The number of benzodiazepines with no additional fused rings is 1. The lowest BCUT2D eigenvalue weighted by Crippen LogP contribution is -2.48. The highest BCUT2D eigenvalue weighted by molar-refractivity contribution is 7.80. The molecule has 0 radical (unpaired) electrons. The number of likely N-dealkylation sites (N-methyl/N-ethyl adjacent to an activating group) is 2. The Morgan fingerprint density at radius 2 is 1.63 bits per heavy atom. The molecule has 8 heteroatoms. The normalized spacial score (nSPS) is 15.0. The third-order valence-corrected chi connectivity index (χ3v) is 7.36. The van der Waals surface area contributed by atoms with Crippen LogP contribution in [-0.4, -0.2) is 56.0 Å². The average molecular weight is 542 g/mol. The molecule has 1 amide bonds. The number of aliphatic imine (C=N–C) groups is 1. The minimum atomic E-state index is -0.881. The standard InChI is InChI=1S/C30H28ClN5OS/c1-34(2)25-17-15-24(21-12-8-9-13-22(21)25)32-30(38)36(4)28-29(37)35(3)26-16-14-20(31)18-23(26)27(33-28)19-10-6-5-7-11-19/h5-18,28H,1-4H3,(H,32,38). The Bertz CT molecular complexity index is 1570. The van der Waals surface area contributed by atoms with Crippen LogP contribution in [0.3, 0.4) is 0 Å². The number of anilines is 3. The summed E-state index contributed by atoms with van der Waals surface area (Å²) in [4.78, 5) is 24.1. The van der Waals surface area contributed by atoms with Crippen molar-refractivity contribution in [2.45, 2.75) is 6.17 Å². The minimum absolute atomic E-state index is 0.195. The molecule has 1 unspecified atom stereocenters. The molecule has 192 valence electrons. The Morgan fingerprint density at radius 3 is 2.34 bits per heavy atom. The van der Waals surface area contributed by atoms with Crippen LogP contribution in [-0.2, 0) is 4.79 Å². The minimum Gasteiger partial charge on any atom is -0.377 e. The molecule has 0 bridgehead atoms. The van der Waals surface area contributed by atoms with E-state index in [0.717, 1.165) is 39.0 Å². The number of thiocarbonyl (C=S) groups is 1. The molecule has 0 saturated heterocycles. The highest BCUT2D eigenvalue weighted by Crippen LogP contribution is 2.33. The van der Waals surface area contributed by atoms with Crippen LogP contribution in [0.4, 0.5) is 17.1 Å². The van der Waals surface area contributed by atoms with Crippen LogP contribution in [0.2, 0.25) is 5.02 Å². The predicted octanol–water partition coefficient (Wildman–Crippen LogP) is 6.03. The summed E-state index contributed by atoms with van der Waals surface area (Å²) < 4.78 is 0. The molecule has 1 heterocycles. The number of benzene rings is 4. The first-order valence-corrected chi connectivity index (χ1v) is 13.0. The smallest absolute Gasteiger partial charge is 0.272 e. The van der Waals surface area contributed by atoms with Gasteiger partial charge in [0.1, 0.15) is 0 Å². The van der Waals surface area contributed by atoms with Crippen LogP contribution >= 0.6 is 23.8 Å². The number of fused-ring (bicyclic) bond motifs is 2. The fourth-order valence-corrected chi connectivity index (χ4v) is 5.09. The van der Waals surface area contributed by atoms with E-state index in [0.29, 0.717) is 15.8 Å². The van der Waals surface area contributed by atoms with E-state index < -0.39 is 6.17 Å². The number of nitrogens with zero attached hydrogens (tertiary/aromatic N) is 4. The van der Waals surface area contributed by atoms with Crippen molar-refractivity contribution in [2.75, 3.05) is 43.3 Å². The van der Waals surface area contributed by atoms with Crippen molar-refractivity contribution in [1.29, 1.82) is 0 Å². The molecule has 0 spiro atoms. The van der Waals surface area contributed by atoms with Gasteiger partial charge in [-0.15, -0.1) is 0 Å². The third kappa shape index (κ3) is 4.71. The number of rotatable bonds is 4. The molecule has 4 aromatic rings. The van der Waals surface area contributed by atoms with Crippen molar-refractivity contribution in [3.63, 3.8) is 0 Å². The topological polar surface area (TPSA) is 51.2 Å². The zero-order valence-corrected chi connectivity index (χ0v) is 23.2. The number of carbonyl (C=O) groups is 1. The molecule has 5 rings (SSSR count). The summed E-state index contributed by atoms with van der Waals surface area (Å²) >= 11 is 12.2. The molecule has 1 atom stereocenters. The van der Waals surface area contributed by atoms with Gasteiger partial charge in [-0.2, -0.15) is 0 Å². The number of carbonyl (C=O) groups excluding carboxylic acids is 1. The zero-order valence-electron chi connectivity index (χ0n) is 21.6. The van der Waals surface area contributed by atoms with Gasteiger partial charge < -0.3 is 20.0 Å². The molecule has 1 aliphatic rings. The summed E-state index contributed by atoms with van der Waals surface area (Å²) in [6, 6.07) is 27.5. The van der Waals surface area contributed by atoms with Crippen LogP contribution in [0, 0.1) is 0 Å². The molecule has 0 aliphatic carbocycles. The highest BCUT2D eigenvalue weighted by Gasteiger charge is 2.34. The van der Waals surface area contributed by atoms with E-state index in [1.54, 1.807) is 30.0 Å². The second kappa shape index (κ2) is 10.4. The Hall–Kier alpha value is -3.94. The van der Waals surface area contributed by atoms with Gasteiger partial charge in [0, 0.05) is 66.5 Å². The van der Waals surface area contributed by atoms with Crippen molar-refractivity contribution in [2.24, 2.45) is 4.99 Å². The van der Waals surface area contributed by atoms with Crippen molar-refractivity contribution >= 4 is 68.4 Å². The molecule has 6 nitrogen and oxygen atoms in total. The van der Waals surface area contributed by atoms with Gasteiger partial charge in [0.2, 0.25) is 6.17 Å². The van der Waals surface area contributed by atoms with Gasteiger partial charge in [0.05, 0.1) is 11.4 Å². The predicted molar refractivity (Wildman–Crippen MR) is 163 cm³/mol. The molecule has 1 N–H and O–H groups in total. The van der Waals surface area contributed by atoms with E-state index in [1.165, 1.54) is 0 Å². The number of nitrogens with one attached hydrogen (secondary N) is 1. The van der Waals surface area contributed by atoms with Crippen molar-refractivity contribution < 1.29 is 4.79 Å². The van der Waals surface area contributed by atoms with Crippen LogP contribution in [0.1, 0.15) is 11.1 Å². The quantitative estimate of drug-likeness (QED) is 0.320. The summed E-state index contributed by atoms with van der Waals surface area (Å²) in [7, 11) is 7.59. The number of hydrogen-bond acceptors (Lipinski definition) is 4. The molecule has 4 aromatic carbocycles. The number of amides is 1. The summed E-state index contributed by atoms with van der Waals surface area (Å²) in [5, 5.41) is 6.47. The maximum absolute atomic E-state index is 13.8. The zero-order chi connectivity index (χ0) is 27.0. The lowest BCUT2D eigenvalue weighted by molar-refractivity contribution is -0.121. The van der Waals surface area contributed by atoms with Crippen molar-refractivity contribution in [3.05, 3.63) is 101 Å². The fraction of sp³-hybridized carbons (Fsp3) is 0.167. The molecule has 38 heavy (non-hydrogen) atoms. The van der Waals surface area contributed by atoms with Crippen LogP contribution < -0.4 is 15.1 Å². The monoisotopic (exact) mass is 541 g/mol. The summed E-state index contributed by atoms with van der Waals surface area (Å²) in [6.45, 7) is 0. The Morgan fingerprint density at radius 1 is 0.947 bits per heavy atom. The first-order chi connectivity index (χ1) is 18.3. The second-order valence-electron chi connectivity index (χ2n) is 9.39. The van der Waals surface area contributed by atoms with E-state index in [1.807, 2.05) is 74.8 Å². The lowest BCUT2D eigenvalue weighted by atomic mass is 10.0. The van der Waals surface area contributed by atoms with Gasteiger partial charge >= 0.3 is 0 Å². The summed E-state index contributed by atoms with van der Waals surface area (Å²) in [5.74, 6) is -0.195. The van der Waals surface area contributed by atoms with Crippen molar-refractivity contribution in [3.8, 4) is 0 Å². The van der Waals surface area contributed by atoms with Gasteiger partial charge in [-0.05, 0) is 42.5 Å². The lowest BCUT2D eigenvalue weighted by Gasteiger charge is -2.29. The van der Waals surface area contributed by atoms with E-state index in [4.69, 9.17) is 28.8 Å². The van der Waals surface area contributed by atoms with Gasteiger partial charge in [-0.3, -0.25) is 4.79 Å². The van der Waals surface area contributed by atoms with E-state index in [9.17, 15) is 4.79 Å². The SMILES string of the molecule is CN(C)c1ccc(NC(=S)N(C)C2N=C(c3ccccc3)c3cc(Cl)ccc3N(C)C2=O)c2ccccc12. The maximum Gasteiger partial charge on any atom is 0.272 e. The number of hydrogen-bond donors (Lipinski definition) is 1. The van der Waals surface area contributed by atoms with Crippen LogP contribution in [0.5, 0.6) is 0 Å². The first-order valence-electron chi connectivity index (χ1n) is 12.2. The van der Waals surface area contributed by atoms with Gasteiger partial charge in [0.15, 0.2) is 5.11 Å². The average Bonchev–Trinajstić information content (AvgIpc) is 3.03. The Balaban J connectivity index is 1.54. The van der Waals surface area contributed by atoms with E-state index in [2.05, 4.69) is 28.4 Å². The molecule has 0 saturated carbocycles. The van der Waals surface area contributed by atoms with Gasteiger partial charge in [-0.25, -0.2) is 4.99 Å². The summed E-state index contributed by atoms with van der Waals surface area (Å²) in [6.07, 6.45) is -0.881. The van der Waals surface area contributed by atoms with E-state index in [-0.39, 0.29) is 5.91 Å². The largest absolute Gasteiger partial charge is 0.377 e.